The van der Waals surface area contributed by atoms with Gasteiger partial charge in [0.05, 0.1) is 5.69 Å². The Morgan fingerprint density at radius 1 is 0.720 bits per heavy atom. The van der Waals surface area contributed by atoms with Crippen LogP contribution < -0.4 is 10.8 Å². The highest BCUT2D eigenvalue weighted by Crippen LogP contribution is 2.33. The molecule has 0 aliphatic rings. The minimum atomic E-state index is -1.47. The summed E-state index contributed by atoms with van der Waals surface area (Å²) in [5, 5.41) is 27.3. The summed E-state index contributed by atoms with van der Waals surface area (Å²) < 4.78 is 0. The van der Waals surface area contributed by atoms with Crippen LogP contribution in [-0.4, -0.2) is 17.2 Å². The Morgan fingerprint density at radius 2 is 1.28 bits per heavy atom. The first kappa shape index (κ1) is 15.7. The molecule has 0 atom stereocenters. The van der Waals surface area contributed by atoms with Gasteiger partial charge in [-0.05, 0) is 27.9 Å². The zero-order chi connectivity index (χ0) is 17.2. The predicted molar refractivity (Wildman–Crippen MR) is 105 cm³/mol. The molecule has 0 saturated carbocycles. The van der Waals surface area contributed by atoms with E-state index in [0.717, 1.165) is 22.0 Å². The second-order valence-electron chi connectivity index (χ2n) is 6.12. The van der Waals surface area contributed by atoms with Gasteiger partial charge in [0.1, 0.15) is 0 Å². The number of fused-ring (bicyclic) bond motifs is 2. The lowest BCUT2D eigenvalue weighted by atomic mass is 9.77. The van der Waals surface area contributed by atoms with Gasteiger partial charge in [0.25, 0.3) is 0 Å². The molecule has 4 aromatic rings. The van der Waals surface area contributed by atoms with Gasteiger partial charge in [-0.2, -0.15) is 0 Å². The number of hydrogen-bond acceptors (Lipinski definition) is 3. The minimum absolute atomic E-state index is 0.520. The lowest BCUT2D eigenvalue weighted by molar-refractivity contribution is 0.425. The number of anilines is 1. The third-order valence-corrected chi connectivity index (χ3v) is 4.56. The van der Waals surface area contributed by atoms with Gasteiger partial charge >= 0.3 is 7.12 Å². The summed E-state index contributed by atoms with van der Waals surface area (Å²) in [5.74, 6) is 0. The van der Waals surface area contributed by atoms with Crippen LogP contribution in [0.15, 0.2) is 78.9 Å². The number of nitrogens with one attached hydrogen (secondary N) is 1. The van der Waals surface area contributed by atoms with Crippen molar-refractivity contribution in [1.29, 1.82) is 0 Å². The highest BCUT2D eigenvalue weighted by Gasteiger charge is 2.15. The molecule has 0 saturated heterocycles. The van der Waals surface area contributed by atoms with Crippen molar-refractivity contribution in [3.8, 4) is 0 Å². The number of rotatable bonds is 4. The molecule has 0 heterocycles. The predicted octanol–water partition coefficient (Wildman–Crippen LogP) is 3.28. The summed E-state index contributed by atoms with van der Waals surface area (Å²) in [6, 6.07) is 26.2. The summed E-state index contributed by atoms with van der Waals surface area (Å²) in [7, 11) is -1.47. The van der Waals surface area contributed by atoms with Crippen LogP contribution in [0.2, 0.25) is 0 Å². The second kappa shape index (κ2) is 6.59. The van der Waals surface area contributed by atoms with Crippen molar-refractivity contribution in [2.75, 3.05) is 5.32 Å². The van der Waals surface area contributed by atoms with E-state index in [1.54, 1.807) is 6.07 Å². The highest BCUT2D eigenvalue weighted by molar-refractivity contribution is 6.59. The van der Waals surface area contributed by atoms with E-state index in [1.807, 2.05) is 42.5 Å². The lowest BCUT2D eigenvalue weighted by Gasteiger charge is -2.15. The Morgan fingerprint density at radius 3 is 1.92 bits per heavy atom. The van der Waals surface area contributed by atoms with Crippen LogP contribution in [0.5, 0.6) is 0 Å². The Bertz CT molecular complexity index is 992. The SMILES string of the molecule is OB(O)c1ccccc1CNc1c2ccccc2cc2ccccc12. The molecule has 0 bridgehead atoms. The van der Waals surface area contributed by atoms with Crippen LogP contribution in [0.25, 0.3) is 21.5 Å². The van der Waals surface area contributed by atoms with Crippen molar-refractivity contribution >= 4 is 39.8 Å². The zero-order valence-corrected chi connectivity index (χ0v) is 13.7. The summed E-state index contributed by atoms with van der Waals surface area (Å²) in [6.45, 7) is 0.520. The molecule has 0 aliphatic carbocycles. The van der Waals surface area contributed by atoms with Gasteiger partial charge in [0.2, 0.25) is 0 Å². The molecule has 4 aromatic carbocycles. The van der Waals surface area contributed by atoms with E-state index in [4.69, 9.17) is 0 Å². The van der Waals surface area contributed by atoms with Crippen LogP contribution >= 0.6 is 0 Å². The average molecular weight is 327 g/mol. The highest BCUT2D eigenvalue weighted by atomic mass is 16.4. The average Bonchev–Trinajstić information content (AvgIpc) is 2.65. The fraction of sp³-hybridized carbons (Fsp3) is 0.0476. The molecule has 0 aromatic heterocycles. The van der Waals surface area contributed by atoms with Crippen LogP contribution in [-0.2, 0) is 6.54 Å². The van der Waals surface area contributed by atoms with Gasteiger partial charge in [0, 0.05) is 17.3 Å². The molecule has 4 heteroatoms. The third-order valence-electron chi connectivity index (χ3n) is 4.56. The van der Waals surface area contributed by atoms with Crippen molar-refractivity contribution < 1.29 is 10.0 Å². The molecule has 122 valence electrons. The van der Waals surface area contributed by atoms with Crippen molar-refractivity contribution in [1.82, 2.24) is 0 Å². The quantitative estimate of drug-likeness (QED) is 0.398. The minimum Gasteiger partial charge on any atom is -0.423 e. The van der Waals surface area contributed by atoms with E-state index in [0.29, 0.717) is 12.0 Å². The molecule has 0 amide bonds. The van der Waals surface area contributed by atoms with Crippen molar-refractivity contribution in [2.45, 2.75) is 6.54 Å². The van der Waals surface area contributed by atoms with Crippen LogP contribution in [0.1, 0.15) is 5.56 Å². The molecule has 0 radical (unpaired) electrons. The lowest BCUT2D eigenvalue weighted by Crippen LogP contribution is -2.33. The normalized spacial score (nSPS) is 11.0. The molecular weight excluding hydrogens is 309 g/mol. The fourth-order valence-electron chi connectivity index (χ4n) is 3.33. The van der Waals surface area contributed by atoms with E-state index < -0.39 is 7.12 Å². The van der Waals surface area contributed by atoms with Crippen molar-refractivity contribution in [2.24, 2.45) is 0 Å². The standard InChI is InChI=1S/C21H18BNO2/c24-22(25)20-12-6-3-9-17(20)14-23-21-18-10-4-1-7-15(18)13-16-8-2-5-11-19(16)21/h1-13,23-25H,14H2. The summed E-state index contributed by atoms with van der Waals surface area (Å²) >= 11 is 0. The van der Waals surface area contributed by atoms with E-state index in [1.165, 1.54) is 10.8 Å². The van der Waals surface area contributed by atoms with E-state index in [9.17, 15) is 10.0 Å². The van der Waals surface area contributed by atoms with Crippen molar-refractivity contribution in [3.63, 3.8) is 0 Å². The maximum Gasteiger partial charge on any atom is 0.488 e. The summed E-state index contributed by atoms with van der Waals surface area (Å²) in [5.41, 5.74) is 2.46. The largest absolute Gasteiger partial charge is 0.488 e. The van der Waals surface area contributed by atoms with Crippen LogP contribution in [0, 0.1) is 0 Å². The van der Waals surface area contributed by atoms with Crippen molar-refractivity contribution in [3.05, 3.63) is 84.4 Å². The first-order valence-corrected chi connectivity index (χ1v) is 8.32. The third kappa shape index (κ3) is 2.98. The molecule has 0 spiro atoms. The van der Waals surface area contributed by atoms with Gasteiger partial charge in [-0.25, -0.2) is 0 Å². The van der Waals surface area contributed by atoms with Crippen LogP contribution in [0.3, 0.4) is 0 Å². The van der Waals surface area contributed by atoms with E-state index in [-0.39, 0.29) is 0 Å². The molecule has 25 heavy (non-hydrogen) atoms. The molecule has 3 N–H and O–H groups in total. The fourth-order valence-corrected chi connectivity index (χ4v) is 3.33. The summed E-state index contributed by atoms with van der Waals surface area (Å²) in [6.07, 6.45) is 0. The molecular formula is C21H18BNO2. The molecule has 0 fully saturated rings. The first-order chi connectivity index (χ1) is 12.2. The van der Waals surface area contributed by atoms with Gasteiger partial charge in [0.15, 0.2) is 0 Å². The molecule has 3 nitrogen and oxygen atoms in total. The van der Waals surface area contributed by atoms with E-state index >= 15 is 0 Å². The first-order valence-electron chi connectivity index (χ1n) is 8.32. The molecule has 0 unspecified atom stereocenters. The smallest absolute Gasteiger partial charge is 0.423 e. The number of benzene rings is 4. The summed E-state index contributed by atoms with van der Waals surface area (Å²) in [4.78, 5) is 0. The van der Waals surface area contributed by atoms with E-state index in [2.05, 4.69) is 35.6 Å². The zero-order valence-electron chi connectivity index (χ0n) is 13.7. The number of hydrogen-bond donors (Lipinski definition) is 3. The maximum absolute atomic E-state index is 9.57. The Balaban J connectivity index is 1.81. The Kier molecular flexibility index (Phi) is 4.14. The van der Waals surface area contributed by atoms with Gasteiger partial charge in [-0.15, -0.1) is 0 Å². The second-order valence-corrected chi connectivity index (χ2v) is 6.12. The van der Waals surface area contributed by atoms with Crippen LogP contribution in [0.4, 0.5) is 5.69 Å². The van der Waals surface area contributed by atoms with Gasteiger partial charge in [-0.3, -0.25) is 0 Å². The topological polar surface area (TPSA) is 52.5 Å². The monoisotopic (exact) mass is 327 g/mol. The van der Waals surface area contributed by atoms with Gasteiger partial charge in [-0.1, -0.05) is 72.8 Å². The Labute approximate surface area is 146 Å². The van der Waals surface area contributed by atoms with Gasteiger partial charge < -0.3 is 15.4 Å². The Hall–Kier alpha value is -2.82. The molecule has 0 aliphatic heterocycles. The molecule has 4 rings (SSSR count). The maximum atomic E-state index is 9.57.